The molecule has 0 bridgehead atoms. The SMILES string of the molecule is O=C(CCc1ccccc1)N=C1S[C@@H]2CS(=O)(=O)C[C@H]2N1c1ccc(F)cc1. The highest BCUT2D eigenvalue weighted by molar-refractivity contribution is 8.16. The van der Waals surface area contributed by atoms with E-state index in [0.29, 0.717) is 17.3 Å². The normalized spacial score (nSPS) is 24.5. The summed E-state index contributed by atoms with van der Waals surface area (Å²) in [5.41, 5.74) is 1.71. The Morgan fingerprint density at radius 1 is 1.11 bits per heavy atom. The molecule has 0 aliphatic carbocycles. The molecule has 28 heavy (non-hydrogen) atoms. The predicted molar refractivity (Wildman–Crippen MR) is 110 cm³/mol. The molecule has 2 heterocycles. The molecular formula is C20H19FN2O3S2. The smallest absolute Gasteiger partial charge is 0.248 e. The number of thioether (sulfide) groups is 1. The van der Waals surface area contributed by atoms with Gasteiger partial charge in [-0.3, -0.25) is 4.79 Å². The first kappa shape index (κ1) is 19.1. The van der Waals surface area contributed by atoms with E-state index in [2.05, 4.69) is 4.99 Å². The number of carbonyl (C=O) groups excluding carboxylic acids is 1. The molecule has 8 heteroatoms. The number of benzene rings is 2. The van der Waals surface area contributed by atoms with Gasteiger partial charge in [0.15, 0.2) is 15.0 Å². The van der Waals surface area contributed by atoms with Gasteiger partial charge in [-0.25, -0.2) is 12.8 Å². The van der Waals surface area contributed by atoms with Crippen molar-refractivity contribution in [2.75, 3.05) is 16.4 Å². The summed E-state index contributed by atoms with van der Waals surface area (Å²) in [4.78, 5) is 18.5. The van der Waals surface area contributed by atoms with E-state index < -0.39 is 9.84 Å². The Morgan fingerprint density at radius 2 is 1.82 bits per heavy atom. The van der Waals surface area contributed by atoms with E-state index in [0.717, 1.165) is 5.56 Å². The first-order valence-corrected chi connectivity index (χ1v) is 11.7. The van der Waals surface area contributed by atoms with E-state index in [1.54, 1.807) is 17.0 Å². The van der Waals surface area contributed by atoms with Crippen molar-refractivity contribution in [1.82, 2.24) is 0 Å². The van der Waals surface area contributed by atoms with Crippen LogP contribution in [0.25, 0.3) is 0 Å². The maximum atomic E-state index is 13.3. The Balaban J connectivity index is 1.56. The summed E-state index contributed by atoms with van der Waals surface area (Å²) in [7, 11) is -3.13. The molecule has 0 unspecified atom stereocenters. The maximum Gasteiger partial charge on any atom is 0.248 e. The van der Waals surface area contributed by atoms with E-state index in [1.165, 1.54) is 23.9 Å². The van der Waals surface area contributed by atoms with Gasteiger partial charge in [0.1, 0.15) is 5.82 Å². The summed E-state index contributed by atoms with van der Waals surface area (Å²) in [5, 5.41) is 0.324. The lowest BCUT2D eigenvalue weighted by molar-refractivity contribution is -0.117. The number of hydrogen-bond acceptors (Lipinski definition) is 4. The summed E-state index contributed by atoms with van der Waals surface area (Å²) < 4.78 is 37.4. The van der Waals surface area contributed by atoms with Gasteiger partial charge >= 0.3 is 0 Å². The summed E-state index contributed by atoms with van der Waals surface area (Å²) in [6.45, 7) is 0. The van der Waals surface area contributed by atoms with E-state index in [1.807, 2.05) is 30.3 Å². The van der Waals surface area contributed by atoms with E-state index in [9.17, 15) is 17.6 Å². The number of aryl methyl sites for hydroxylation is 1. The number of anilines is 1. The van der Waals surface area contributed by atoms with E-state index in [4.69, 9.17) is 0 Å². The lowest BCUT2D eigenvalue weighted by atomic mass is 10.1. The third-order valence-corrected chi connectivity index (χ3v) is 8.07. The van der Waals surface area contributed by atoms with Gasteiger partial charge in [-0.05, 0) is 36.2 Å². The minimum atomic E-state index is -3.13. The molecular weight excluding hydrogens is 399 g/mol. The Bertz CT molecular complexity index is 1010. The number of nitrogens with zero attached hydrogens (tertiary/aromatic N) is 2. The maximum absolute atomic E-state index is 13.3. The fourth-order valence-corrected chi connectivity index (χ4v) is 7.46. The highest BCUT2D eigenvalue weighted by atomic mass is 32.2. The van der Waals surface area contributed by atoms with Crippen LogP contribution in [0.5, 0.6) is 0 Å². The summed E-state index contributed by atoms with van der Waals surface area (Å²) >= 11 is 1.32. The van der Waals surface area contributed by atoms with Crippen LogP contribution in [0.2, 0.25) is 0 Å². The van der Waals surface area contributed by atoms with Crippen molar-refractivity contribution >= 4 is 38.4 Å². The zero-order chi connectivity index (χ0) is 19.7. The van der Waals surface area contributed by atoms with Crippen LogP contribution in [0.4, 0.5) is 10.1 Å². The Kier molecular flexibility index (Phi) is 5.25. The van der Waals surface area contributed by atoms with Gasteiger partial charge < -0.3 is 4.90 Å². The van der Waals surface area contributed by atoms with Crippen molar-refractivity contribution in [2.24, 2.45) is 4.99 Å². The molecule has 2 aliphatic heterocycles. The topological polar surface area (TPSA) is 66.8 Å². The second-order valence-electron chi connectivity index (χ2n) is 6.92. The molecule has 146 valence electrons. The molecule has 4 rings (SSSR count). The molecule has 0 spiro atoms. The minimum Gasteiger partial charge on any atom is -0.316 e. The molecule has 2 fully saturated rings. The Morgan fingerprint density at radius 3 is 2.54 bits per heavy atom. The number of carbonyl (C=O) groups is 1. The molecule has 0 N–H and O–H groups in total. The van der Waals surface area contributed by atoms with Crippen molar-refractivity contribution in [3.05, 3.63) is 66.0 Å². The van der Waals surface area contributed by atoms with Crippen molar-refractivity contribution in [3.63, 3.8) is 0 Å². The summed E-state index contributed by atoms with van der Waals surface area (Å²) in [6, 6.07) is 15.2. The van der Waals surface area contributed by atoms with Crippen molar-refractivity contribution in [3.8, 4) is 0 Å². The van der Waals surface area contributed by atoms with Crippen LogP contribution in [-0.4, -0.2) is 42.3 Å². The number of hydrogen-bond donors (Lipinski definition) is 0. The molecule has 2 saturated heterocycles. The number of halogens is 1. The van der Waals surface area contributed by atoms with E-state index >= 15 is 0 Å². The van der Waals surface area contributed by atoms with E-state index in [-0.39, 0.29) is 40.9 Å². The molecule has 2 atom stereocenters. The molecule has 2 aromatic carbocycles. The largest absolute Gasteiger partial charge is 0.316 e. The van der Waals surface area contributed by atoms with Crippen LogP contribution >= 0.6 is 11.8 Å². The second kappa shape index (κ2) is 7.67. The molecule has 0 radical (unpaired) electrons. The number of aliphatic imine (C=N–C) groups is 1. The first-order valence-electron chi connectivity index (χ1n) is 8.99. The van der Waals surface area contributed by atoms with Crippen LogP contribution in [-0.2, 0) is 21.1 Å². The lowest BCUT2D eigenvalue weighted by Crippen LogP contribution is -2.37. The average Bonchev–Trinajstić information content (AvgIpc) is 3.12. The van der Waals surface area contributed by atoms with Crippen molar-refractivity contribution in [2.45, 2.75) is 24.1 Å². The average molecular weight is 419 g/mol. The predicted octanol–water partition coefficient (Wildman–Crippen LogP) is 3.06. The molecule has 0 saturated carbocycles. The number of fused-ring (bicyclic) bond motifs is 1. The lowest BCUT2D eigenvalue weighted by Gasteiger charge is -2.24. The van der Waals surface area contributed by atoms with Crippen molar-refractivity contribution < 1.29 is 17.6 Å². The number of amides is 1. The van der Waals surface area contributed by atoms with Gasteiger partial charge in [0.25, 0.3) is 0 Å². The molecule has 2 aromatic rings. The van der Waals surface area contributed by atoms with Crippen LogP contribution in [0, 0.1) is 5.82 Å². The number of amidine groups is 1. The fourth-order valence-electron chi connectivity index (χ4n) is 3.53. The van der Waals surface area contributed by atoms with Gasteiger partial charge in [0.2, 0.25) is 5.91 Å². The molecule has 0 aromatic heterocycles. The van der Waals surface area contributed by atoms with Crippen LogP contribution < -0.4 is 4.90 Å². The zero-order valence-electron chi connectivity index (χ0n) is 15.0. The third kappa shape index (κ3) is 4.12. The molecule has 1 amide bonds. The quantitative estimate of drug-likeness (QED) is 0.764. The Labute approximate surface area is 167 Å². The van der Waals surface area contributed by atoms with Crippen LogP contribution in [0.1, 0.15) is 12.0 Å². The minimum absolute atomic E-state index is 0.0132. The highest BCUT2D eigenvalue weighted by Gasteiger charge is 2.49. The fraction of sp³-hybridized carbons (Fsp3) is 0.300. The zero-order valence-corrected chi connectivity index (χ0v) is 16.6. The van der Waals surface area contributed by atoms with Crippen LogP contribution in [0.3, 0.4) is 0 Å². The first-order chi connectivity index (χ1) is 13.4. The highest BCUT2D eigenvalue weighted by Crippen LogP contribution is 2.41. The monoisotopic (exact) mass is 418 g/mol. The standard InChI is InChI=1S/C20H19FN2O3S2/c21-15-7-9-16(10-8-15)23-17-12-28(25,26)13-18(17)27-20(23)22-19(24)11-6-14-4-2-1-3-5-14/h1-5,7-10,17-18H,6,11-13H2/t17-,18-/m1/s1. The third-order valence-electron chi connectivity index (χ3n) is 4.86. The number of sulfone groups is 1. The summed E-state index contributed by atoms with van der Waals surface area (Å²) in [5.74, 6) is -0.541. The molecule has 5 nitrogen and oxygen atoms in total. The van der Waals surface area contributed by atoms with Gasteiger partial charge in [0, 0.05) is 17.4 Å². The molecule has 2 aliphatic rings. The van der Waals surface area contributed by atoms with Gasteiger partial charge in [-0.15, -0.1) is 0 Å². The van der Waals surface area contributed by atoms with Crippen LogP contribution in [0.15, 0.2) is 59.6 Å². The van der Waals surface area contributed by atoms with Gasteiger partial charge in [-0.1, -0.05) is 42.1 Å². The van der Waals surface area contributed by atoms with Crippen molar-refractivity contribution in [1.29, 1.82) is 0 Å². The number of rotatable bonds is 4. The van der Waals surface area contributed by atoms with Gasteiger partial charge in [-0.2, -0.15) is 4.99 Å². The van der Waals surface area contributed by atoms with Gasteiger partial charge in [0.05, 0.1) is 17.5 Å². The second-order valence-corrected chi connectivity index (χ2v) is 10.3. The Hall–Kier alpha value is -2.19. The summed E-state index contributed by atoms with van der Waals surface area (Å²) in [6.07, 6.45) is 0.873.